The van der Waals surface area contributed by atoms with Gasteiger partial charge in [0.1, 0.15) is 0 Å². The Balaban J connectivity index is 2.00. The Kier molecular flexibility index (Phi) is 5.27. The Hall–Kier alpha value is -2.66. The fourth-order valence-corrected chi connectivity index (χ4v) is 1.98. The third kappa shape index (κ3) is 4.43. The van der Waals surface area contributed by atoms with Crippen LogP contribution in [0, 0.1) is 0 Å². The van der Waals surface area contributed by atoms with E-state index in [0.29, 0.717) is 23.4 Å². The molecule has 0 aliphatic heterocycles. The third-order valence-electron chi connectivity index (χ3n) is 3.07. The highest BCUT2D eigenvalue weighted by molar-refractivity contribution is 6.04. The lowest BCUT2D eigenvalue weighted by Crippen LogP contribution is -2.12. The molecule has 0 spiro atoms. The zero-order valence-electron chi connectivity index (χ0n) is 12.3. The SMILES string of the molecule is CC(=O)Nc1ccc(C(=O)Nc2ccc(CC[O])cc2)cc1. The van der Waals surface area contributed by atoms with E-state index in [1.54, 1.807) is 36.4 Å². The first-order valence-electron chi connectivity index (χ1n) is 6.94. The highest BCUT2D eigenvalue weighted by Gasteiger charge is 2.06. The summed E-state index contributed by atoms with van der Waals surface area (Å²) in [6, 6.07) is 13.8. The summed E-state index contributed by atoms with van der Waals surface area (Å²) in [7, 11) is 0. The molecule has 2 amide bonds. The van der Waals surface area contributed by atoms with E-state index in [-0.39, 0.29) is 18.4 Å². The van der Waals surface area contributed by atoms with E-state index in [1.807, 2.05) is 12.1 Å². The molecule has 2 aromatic carbocycles. The summed E-state index contributed by atoms with van der Waals surface area (Å²) in [4.78, 5) is 23.0. The van der Waals surface area contributed by atoms with Gasteiger partial charge in [0, 0.05) is 23.9 Å². The normalized spacial score (nSPS) is 10.1. The summed E-state index contributed by atoms with van der Waals surface area (Å²) in [5.41, 5.74) is 2.77. The average Bonchev–Trinajstić information content (AvgIpc) is 2.49. The minimum absolute atomic E-state index is 0.146. The summed E-state index contributed by atoms with van der Waals surface area (Å²) in [6.45, 7) is 1.28. The van der Waals surface area contributed by atoms with Gasteiger partial charge in [-0.15, -0.1) is 0 Å². The van der Waals surface area contributed by atoms with Gasteiger partial charge in [-0.05, 0) is 48.4 Å². The number of hydrogen-bond donors (Lipinski definition) is 2. The largest absolute Gasteiger partial charge is 0.326 e. The molecule has 0 saturated carbocycles. The molecule has 0 unspecified atom stereocenters. The van der Waals surface area contributed by atoms with Crippen LogP contribution >= 0.6 is 0 Å². The summed E-state index contributed by atoms with van der Waals surface area (Å²) in [5.74, 6) is -0.388. The molecule has 113 valence electrons. The van der Waals surface area contributed by atoms with Crippen molar-refractivity contribution in [2.45, 2.75) is 13.3 Å². The number of nitrogens with one attached hydrogen (secondary N) is 2. The lowest BCUT2D eigenvalue weighted by atomic mass is 10.1. The maximum Gasteiger partial charge on any atom is 0.255 e. The number of rotatable bonds is 5. The van der Waals surface area contributed by atoms with Gasteiger partial charge < -0.3 is 10.6 Å². The molecule has 5 heteroatoms. The van der Waals surface area contributed by atoms with Crippen molar-refractivity contribution in [1.82, 2.24) is 0 Å². The molecule has 0 atom stereocenters. The van der Waals surface area contributed by atoms with Crippen LogP contribution in [0.2, 0.25) is 0 Å². The van der Waals surface area contributed by atoms with Gasteiger partial charge in [0.25, 0.3) is 5.91 Å². The lowest BCUT2D eigenvalue weighted by molar-refractivity contribution is -0.114. The molecule has 0 saturated heterocycles. The number of carbonyl (C=O) groups is 2. The fraction of sp³-hybridized carbons (Fsp3) is 0.176. The Morgan fingerprint density at radius 1 is 0.864 bits per heavy atom. The van der Waals surface area contributed by atoms with E-state index in [0.717, 1.165) is 5.56 Å². The molecule has 0 fully saturated rings. The van der Waals surface area contributed by atoms with Crippen LogP contribution in [-0.2, 0) is 16.3 Å². The van der Waals surface area contributed by atoms with Gasteiger partial charge >= 0.3 is 0 Å². The second kappa shape index (κ2) is 7.38. The molecule has 0 aliphatic carbocycles. The van der Waals surface area contributed by atoms with E-state index in [9.17, 15) is 14.7 Å². The molecular formula is C17H17N2O3. The van der Waals surface area contributed by atoms with Crippen molar-refractivity contribution in [1.29, 1.82) is 0 Å². The Morgan fingerprint density at radius 2 is 1.41 bits per heavy atom. The molecule has 2 aromatic rings. The molecule has 2 rings (SSSR count). The van der Waals surface area contributed by atoms with Gasteiger partial charge in [-0.2, -0.15) is 0 Å². The lowest BCUT2D eigenvalue weighted by Gasteiger charge is -2.07. The zero-order valence-corrected chi connectivity index (χ0v) is 12.3. The second-order valence-corrected chi connectivity index (χ2v) is 4.86. The van der Waals surface area contributed by atoms with Gasteiger partial charge in [-0.1, -0.05) is 12.1 Å². The van der Waals surface area contributed by atoms with Crippen molar-refractivity contribution in [3.63, 3.8) is 0 Å². The monoisotopic (exact) mass is 297 g/mol. The summed E-state index contributed by atoms with van der Waals surface area (Å²) in [6.07, 6.45) is 0.485. The van der Waals surface area contributed by atoms with Crippen LogP contribution in [-0.4, -0.2) is 18.4 Å². The van der Waals surface area contributed by atoms with Crippen LogP contribution < -0.4 is 10.6 Å². The van der Waals surface area contributed by atoms with Crippen LogP contribution in [0.5, 0.6) is 0 Å². The van der Waals surface area contributed by atoms with Crippen molar-refractivity contribution in [2.75, 3.05) is 17.2 Å². The minimum atomic E-state index is -0.231. The van der Waals surface area contributed by atoms with Crippen LogP contribution in [0.4, 0.5) is 11.4 Å². The number of anilines is 2. The van der Waals surface area contributed by atoms with Crippen LogP contribution in [0.3, 0.4) is 0 Å². The Labute approximate surface area is 129 Å². The van der Waals surface area contributed by atoms with Crippen molar-refractivity contribution in [3.05, 3.63) is 59.7 Å². The molecule has 5 nitrogen and oxygen atoms in total. The zero-order chi connectivity index (χ0) is 15.9. The minimum Gasteiger partial charge on any atom is -0.326 e. The maximum atomic E-state index is 12.1. The molecular weight excluding hydrogens is 280 g/mol. The number of amides is 2. The Bertz CT molecular complexity index is 649. The summed E-state index contributed by atoms with van der Waals surface area (Å²) < 4.78 is 0. The van der Waals surface area contributed by atoms with Gasteiger partial charge in [0.15, 0.2) is 0 Å². The van der Waals surface area contributed by atoms with E-state index in [4.69, 9.17) is 0 Å². The molecule has 22 heavy (non-hydrogen) atoms. The van der Waals surface area contributed by atoms with Gasteiger partial charge in [0.2, 0.25) is 5.91 Å². The second-order valence-electron chi connectivity index (χ2n) is 4.86. The molecule has 0 heterocycles. The van der Waals surface area contributed by atoms with E-state index >= 15 is 0 Å². The molecule has 0 bridgehead atoms. The standard InChI is InChI=1S/C17H17N2O3/c1-12(21)18-15-8-4-14(5-9-15)17(22)19-16-6-2-13(3-7-16)10-11-20/h2-9H,10-11H2,1H3,(H,18,21)(H,19,22). The predicted molar refractivity (Wildman–Crippen MR) is 84.4 cm³/mol. The highest BCUT2D eigenvalue weighted by atomic mass is 16.3. The Morgan fingerprint density at radius 3 is 1.95 bits per heavy atom. The summed E-state index contributed by atoms with van der Waals surface area (Å²) >= 11 is 0. The van der Waals surface area contributed by atoms with E-state index in [2.05, 4.69) is 10.6 Å². The van der Waals surface area contributed by atoms with Gasteiger partial charge in [-0.3, -0.25) is 9.59 Å². The van der Waals surface area contributed by atoms with Crippen molar-refractivity contribution < 1.29 is 14.7 Å². The number of benzene rings is 2. The number of carbonyl (C=O) groups excluding carboxylic acids is 2. The van der Waals surface area contributed by atoms with Crippen molar-refractivity contribution >= 4 is 23.2 Å². The van der Waals surface area contributed by atoms with Crippen molar-refractivity contribution in [3.8, 4) is 0 Å². The van der Waals surface area contributed by atoms with Crippen LogP contribution in [0.25, 0.3) is 0 Å². The molecule has 0 aliphatic rings. The molecule has 1 radical (unpaired) electrons. The summed E-state index contributed by atoms with van der Waals surface area (Å²) in [5, 5.41) is 16.0. The number of hydrogen-bond acceptors (Lipinski definition) is 2. The van der Waals surface area contributed by atoms with Crippen LogP contribution in [0.15, 0.2) is 48.5 Å². The quantitative estimate of drug-likeness (QED) is 0.890. The highest BCUT2D eigenvalue weighted by Crippen LogP contribution is 2.14. The molecule has 2 N–H and O–H groups in total. The predicted octanol–water partition coefficient (Wildman–Crippen LogP) is 2.87. The first-order chi connectivity index (χ1) is 10.6. The van der Waals surface area contributed by atoms with Gasteiger partial charge in [0.05, 0.1) is 6.61 Å². The fourth-order valence-electron chi connectivity index (χ4n) is 1.98. The topological polar surface area (TPSA) is 78.1 Å². The average molecular weight is 297 g/mol. The van der Waals surface area contributed by atoms with E-state index in [1.165, 1.54) is 6.92 Å². The third-order valence-corrected chi connectivity index (χ3v) is 3.07. The smallest absolute Gasteiger partial charge is 0.255 e. The van der Waals surface area contributed by atoms with E-state index < -0.39 is 0 Å². The first kappa shape index (κ1) is 15.7. The van der Waals surface area contributed by atoms with Crippen LogP contribution in [0.1, 0.15) is 22.8 Å². The maximum absolute atomic E-state index is 12.1. The van der Waals surface area contributed by atoms with Gasteiger partial charge in [-0.25, -0.2) is 5.11 Å². The first-order valence-corrected chi connectivity index (χ1v) is 6.94. The van der Waals surface area contributed by atoms with Crippen molar-refractivity contribution in [2.24, 2.45) is 0 Å². The molecule has 0 aromatic heterocycles.